The molecule has 0 spiro atoms. The quantitative estimate of drug-likeness (QED) is 0.790. The van der Waals surface area contributed by atoms with Gasteiger partial charge in [0.2, 0.25) is 0 Å². The Morgan fingerprint density at radius 2 is 2.14 bits per heavy atom. The zero-order valence-corrected chi connectivity index (χ0v) is 11.5. The van der Waals surface area contributed by atoms with Crippen molar-refractivity contribution in [3.8, 4) is 6.07 Å². The lowest BCUT2D eigenvalue weighted by atomic mass is 9.79. The normalized spacial score (nSPS) is 25.1. The Morgan fingerprint density at radius 3 is 2.71 bits per heavy atom. The molecule has 21 heavy (non-hydrogen) atoms. The summed E-state index contributed by atoms with van der Waals surface area (Å²) >= 11 is 0. The number of rotatable bonds is 4. The Kier molecular flexibility index (Phi) is 4.43. The minimum absolute atomic E-state index is 0.179. The first-order valence-electron chi connectivity index (χ1n) is 6.82. The minimum Gasteiger partial charge on any atom is -0.481 e. The maximum atomic E-state index is 13.0. The minimum atomic E-state index is -0.993. The zero-order chi connectivity index (χ0) is 15.5. The van der Waals surface area contributed by atoms with Crippen molar-refractivity contribution in [1.29, 1.82) is 5.26 Å². The monoisotopic (exact) mass is 292 g/mol. The number of carboxylic acid groups (broad SMARTS) is 1. The van der Waals surface area contributed by atoms with Crippen molar-refractivity contribution in [1.82, 2.24) is 0 Å². The molecule has 1 fully saturated rings. The summed E-state index contributed by atoms with van der Waals surface area (Å²) in [6, 6.07) is 5.73. The van der Waals surface area contributed by atoms with Gasteiger partial charge in [0, 0.05) is 6.54 Å². The van der Waals surface area contributed by atoms with Crippen LogP contribution in [0.25, 0.3) is 0 Å². The Hall–Kier alpha value is -2.13. The fourth-order valence-electron chi connectivity index (χ4n) is 2.60. The molecular formula is C15H17FN2O3. The first kappa shape index (κ1) is 15.3. The fourth-order valence-corrected chi connectivity index (χ4v) is 2.60. The van der Waals surface area contributed by atoms with Gasteiger partial charge in [-0.3, -0.25) is 4.79 Å². The third-order valence-electron chi connectivity index (χ3n) is 3.98. The molecule has 0 saturated heterocycles. The van der Waals surface area contributed by atoms with E-state index in [1.54, 1.807) is 0 Å². The molecule has 3 N–H and O–H groups in total. The summed E-state index contributed by atoms with van der Waals surface area (Å²) in [5, 5.41) is 31.3. The van der Waals surface area contributed by atoms with Gasteiger partial charge in [-0.25, -0.2) is 4.39 Å². The predicted octanol–water partition coefficient (Wildman–Crippen LogP) is 2.12. The molecule has 0 radical (unpaired) electrons. The van der Waals surface area contributed by atoms with Crippen molar-refractivity contribution < 1.29 is 19.4 Å². The van der Waals surface area contributed by atoms with Gasteiger partial charge < -0.3 is 15.5 Å². The number of nitrogens with zero attached hydrogens (tertiary/aromatic N) is 1. The summed E-state index contributed by atoms with van der Waals surface area (Å²) in [5.74, 6) is -1.71. The topological polar surface area (TPSA) is 93.4 Å². The number of hydrogen-bond donors (Lipinski definition) is 3. The molecule has 2 rings (SSSR count). The van der Waals surface area contributed by atoms with E-state index in [1.165, 1.54) is 12.1 Å². The number of halogens is 1. The molecule has 1 aliphatic rings. The summed E-state index contributed by atoms with van der Waals surface area (Å²) in [7, 11) is 0. The summed E-state index contributed by atoms with van der Waals surface area (Å²) < 4.78 is 13.0. The van der Waals surface area contributed by atoms with Gasteiger partial charge in [0.25, 0.3) is 0 Å². The van der Waals surface area contributed by atoms with Crippen LogP contribution in [0, 0.1) is 23.1 Å². The second kappa shape index (κ2) is 6.10. The van der Waals surface area contributed by atoms with Crippen molar-refractivity contribution in [3.63, 3.8) is 0 Å². The summed E-state index contributed by atoms with van der Waals surface area (Å²) in [4.78, 5) is 10.9. The maximum absolute atomic E-state index is 13.0. The molecule has 1 saturated carbocycles. The van der Waals surface area contributed by atoms with Crippen LogP contribution in [0.15, 0.2) is 18.2 Å². The van der Waals surface area contributed by atoms with Gasteiger partial charge in [0.15, 0.2) is 0 Å². The Balaban J connectivity index is 1.97. The second-order valence-corrected chi connectivity index (χ2v) is 5.49. The van der Waals surface area contributed by atoms with Gasteiger partial charge in [0.05, 0.1) is 22.8 Å². The number of nitrogens with one attached hydrogen (secondary N) is 1. The number of anilines is 1. The average Bonchev–Trinajstić information content (AvgIpc) is 2.46. The average molecular weight is 292 g/mol. The highest BCUT2D eigenvalue weighted by Gasteiger charge is 2.35. The van der Waals surface area contributed by atoms with Gasteiger partial charge in [-0.05, 0) is 43.9 Å². The first-order valence-corrected chi connectivity index (χ1v) is 6.82. The van der Waals surface area contributed by atoms with Crippen LogP contribution in [0.5, 0.6) is 0 Å². The third kappa shape index (κ3) is 3.70. The van der Waals surface area contributed by atoms with E-state index >= 15 is 0 Å². The smallest absolute Gasteiger partial charge is 0.306 e. The lowest BCUT2D eigenvalue weighted by Gasteiger charge is -2.35. The molecule has 6 heteroatoms. The van der Waals surface area contributed by atoms with Crippen LogP contribution in [-0.2, 0) is 4.79 Å². The Bertz CT molecular complexity index is 575. The SMILES string of the molecule is N#Cc1cc(F)ccc1NCC1(O)CCC(C(=O)O)CC1. The number of carbonyl (C=O) groups is 1. The van der Waals surface area contributed by atoms with E-state index in [2.05, 4.69) is 5.32 Å². The molecule has 112 valence electrons. The molecule has 1 aromatic rings. The van der Waals surface area contributed by atoms with Crippen LogP contribution in [0.1, 0.15) is 31.2 Å². The maximum Gasteiger partial charge on any atom is 0.306 e. The van der Waals surface area contributed by atoms with Crippen molar-refractivity contribution in [2.45, 2.75) is 31.3 Å². The Labute approximate surface area is 122 Å². The predicted molar refractivity (Wildman–Crippen MR) is 74.1 cm³/mol. The van der Waals surface area contributed by atoms with Crippen LogP contribution in [0.4, 0.5) is 10.1 Å². The van der Waals surface area contributed by atoms with Crippen molar-refractivity contribution in [3.05, 3.63) is 29.6 Å². The van der Waals surface area contributed by atoms with Crippen molar-refractivity contribution in [2.75, 3.05) is 11.9 Å². The highest BCUT2D eigenvalue weighted by Crippen LogP contribution is 2.32. The molecule has 0 amide bonds. The summed E-state index contributed by atoms with van der Waals surface area (Å²) in [5.41, 5.74) is -0.349. The number of aliphatic carboxylic acids is 1. The van der Waals surface area contributed by atoms with Gasteiger partial charge in [-0.1, -0.05) is 0 Å². The third-order valence-corrected chi connectivity index (χ3v) is 3.98. The molecule has 0 atom stereocenters. The van der Waals surface area contributed by atoms with E-state index in [1.807, 2.05) is 6.07 Å². The Morgan fingerprint density at radius 1 is 1.48 bits per heavy atom. The molecule has 1 aliphatic carbocycles. The second-order valence-electron chi connectivity index (χ2n) is 5.49. The van der Waals surface area contributed by atoms with Crippen LogP contribution < -0.4 is 5.32 Å². The lowest BCUT2D eigenvalue weighted by molar-refractivity contribution is -0.144. The van der Waals surface area contributed by atoms with E-state index in [0.29, 0.717) is 31.4 Å². The number of hydrogen-bond acceptors (Lipinski definition) is 4. The van der Waals surface area contributed by atoms with E-state index in [0.717, 1.165) is 6.07 Å². The molecule has 1 aromatic carbocycles. The zero-order valence-electron chi connectivity index (χ0n) is 11.5. The van der Waals surface area contributed by atoms with Gasteiger partial charge in [-0.15, -0.1) is 0 Å². The number of aliphatic hydroxyl groups is 1. The van der Waals surface area contributed by atoms with Crippen LogP contribution in [0.2, 0.25) is 0 Å². The van der Waals surface area contributed by atoms with Crippen molar-refractivity contribution >= 4 is 11.7 Å². The molecule has 0 heterocycles. The molecule has 0 aromatic heterocycles. The molecule has 5 nitrogen and oxygen atoms in total. The summed E-state index contributed by atoms with van der Waals surface area (Å²) in [6.07, 6.45) is 1.64. The number of carboxylic acids is 1. The highest BCUT2D eigenvalue weighted by atomic mass is 19.1. The van der Waals surface area contributed by atoms with Crippen LogP contribution >= 0.6 is 0 Å². The molecule has 0 unspecified atom stereocenters. The van der Waals surface area contributed by atoms with E-state index in [4.69, 9.17) is 10.4 Å². The largest absolute Gasteiger partial charge is 0.481 e. The van der Waals surface area contributed by atoms with Gasteiger partial charge in [-0.2, -0.15) is 5.26 Å². The van der Waals surface area contributed by atoms with Crippen molar-refractivity contribution in [2.24, 2.45) is 5.92 Å². The van der Waals surface area contributed by atoms with E-state index in [-0.39, 0.29) is 12.1 Å². The lowest BCUT2D eigenvalue weighted by Crippen LogP contribution is -2.41. The number of benzene rings is 1. The van der Waals surface area contributed by atoms with Crippen LogP contribution in [-0.4, -0.2) is 28.3 Å². The molecule has 0 aliphatic heterocycles. The first-order chi connectivity index (χ1) is 9.93. The molecule has 0 bridgehead atoms. The van der Waals surface area contributed by atoms with Gasteiger partial charge in [0.1, 0.15) is 11.9 Å². The highest BCUT2D eigenvalue weighted by molar-refractivity contribution is 5.70. The fraction of sp³-hybridized carbons (Fsp3) is 0.467. The number of nitriles is 1. The standard InChI is InChI=1S/C15H17FN2O3/c16-12-1-2-13(11(7-12)8-17)18-9-15(21)5-3-10(4-6-15)14(19)20/h1-2,7,10,18,21H,3-6,9H2,(H,19,20). The van der Waals surface area contributed by atoms with Crippen LogP contribution in [0.3, 0.4) is 0 Å². The summed E-state index contributed by atoms with van der Waals surface area (Å²) in [6.45, 7) is 0.208. The van der Waals surface area contributed by atoms with E-state index < -0.39 is 23.3 Å². The van der Waals surface area contributed by atoms with E-state index in [9.17, 15) is 14.3 Å². The van der Waals surface area contributed by atoms with Gasteiger partial charge >= 0.3 is 5.97 Å². The molecular weight excluding hydrogens is 275 g/mol.